The summed E-state index contributed by atoms with van der Waals surface area (Å²) in [6, 6.07) is 0.626. The van der Waals surface area contributed by atoms with Crippen molar-refractivity contribution in [1.29, 1.82) is 0 Å². The fourth-order valence-corrected chi connectivity index (χ4v) is 3.55. The first-order valence-electron chi connectivity index (χ1n) is 6.86. The summed E-state index contributed by atoms with van der Waals surface area (Å²) < 4.78 is 0. The number of rotatable bonds is 5. The maximum atomic E-state index is 9.24. The Morgan fingerprint density at radius 2 is 2.06 bits per heavy atom. The van der Waals surface area contributed by atoms with Gasteiger partial charge < -0.3 is 10.4 Å². The van der Waals surface area contributed by atoms with Crippen LogP contribution in [0.3, 0.4) is 0 Å². The van der Waals surface area contributed by atoms with Gasteiger partial charge in [-0.15, -0.1) is 0 Å². The van der Waals surface area contributed by atoms with Gasteiger partial charge in [0.1, 0.15) is 0 Å². The van der Waals surface area contributed by atoms with E-state index in [1.165, 1.54) is 25.7 Å². The van der Waals surface area contributed by atoms with Gasteiger partial charge in [0.2, 0.25) is 0 Å². The van der Waals surface area contributed by atoms with Crippen molar-refractivity contribution in [3.63, 3.8) is 0 Å². The molecule has 0 saturated heterocycles. The first kappa shape index (κ1) is 12.4. The smallest absolute Gasteiger partial charge is 0.0494 e. The van der Waals surface area contributed by atoms with Crippen LogP contribution < -0.4 is 5.32 Å². The lowest BCUT2D eigenvalue weighted by molar-refractivity contribution is 0.145. The van der Waals surface area contributed by atoms with Crippen LogP contribution in [-0.4, -0.2) is 24.3 Å². The van der Waals surface area contributed by atoms with Crippen molar-refractivity contribution < 1.29 is 5.11 Å². The zero-order valence-electron chi connectivity index (χ0n) is 11.0. The monoisotopic (exact) mass is 225 g/mol. The van der Waals surface area contributed by atoms with Gasteiger partial charge in [-0.25, -0.2) is 0 Å². The van der Waals surface area contributed by atoms with Crippen LogP contribution in [0.2, 0.25) is 0 Å². The van der Waals surface area contributed by atoms with Gasteiger partial charge in [-0.3, -0.25) is 0 Å². The minimum Gasteiger partial charge on any atom is -0.396 e. The van der Waals surface area contributed by atoms with Crippen LogP contribution in [0.4, 0.5) is 0 Å². The van der Waals surface area contributed by atoms with Gasteiger partial charge in [-0.2, -0.15) is 0 Å². The largest absolute Gasteiger partial charge is 0.396 e. The first-order chi connectivity index (χ1) is 7.52. The molecule has 2 fully saturated rings. The van der Waals surface area contributed by atoms with Gasteiger partial charge >= 0.3 is 0 Å². The maximum Gasteiger partial charge on any atom is 0.0494 e. The predicted octanol–water partition coefficient (Wildman–Crippen LogP) is 2.42. The van der Waals surface area contributed by atoms with E-state index >= 15 is 0 Å². The summed E-state index contributed by atoms with van der Waals surface area (Å²) in [4.78, 5) is 0. The summed E-state index contributed by atoms with van der Waals surface area (Å²) >= 11 is 0. The lowest BCUT2D eigenvalue weighted by Gasteiger charge is -2.31. The standard InChI is InChI=1S/C14H27NO/c1-10(15-8-14(2,3)9-16)13-7-11-4-5-12(13)6-11/h10-13,15-16H,4-9H2,1-3H3. The van der Waals surface area contributed by atoms with E-state index in [-0.39, 0.29) is 12.0 Å². The molecule has 16 heavy (non-hydrogen) atoms. The van der Waals surface area contributed by atoms with E-state index in [0.717, 1.165) is 24.3 Å². The fourth-order valence-electron chi connectivity index (χ4n) is 3.55. The molecule has 0 aromatic carbocycles. The molecule has 2 rings (SSSR count). The second-order valence-electron chi connectivity index (χ2n) is 6.83. The lowest BCUT2D eigenvalue weighted by Crippen LogP contribution is -2.42. The van der Waals surface area contributed by atoms with Crippen LogP contribution in [0.5, 0.6) is 0 Å². The molecule has 0 aromatic rings. The molecule has 2 aliphatic carbocycles. The van der Waals surface area contributed by atoms with Crippen LogP contribution in [0.25, 0.3) is 0 Å². The van der Waals surface area contributed by atoms with Crippen LogP contribution >= 0.6 is 0 Å². The number of hydrogen-bond donors (Lipinski definition) is 2. The minimum atomic E-state index is 0.0197. The minimum absolute atomic E-state index is 0.0197. The van der Waals surface area contributed by atoms with Gasteiger partial charge in [0.25, 0.3) is 0 Å². The second-order valence-corrected chi connectivity index (χ2v) is 6.83. The van der Waals surface area contributed by atoms with Gasteiger partial charge in [0.15, 0.2) is 0 Å². The third-order valence-electron chi connectivity index (χ3n) is 4.77. The third kappa shape index (κ3) is 2.60. The average Bonchev–Trinajstić information content (AvgIpc) is 2.87. The van der Waals surface area contributed by atoms with E-state index in [9.17, 15) is 5.11 Å². The Bertz CT molecular complexity index is 239. The molecule has 2 saturated carbocycles. The molecular formula is C14H27NO. The highest BCUT2D eigenvalue weighted by atomic mass is 16.3. The van der Waals surface area contributed by atoms with Crippen molar-refractivity contribution in [2.75, 3.05) is 13.2 Å². The molecule has 2 bridgehead atoms. The first-order valence-corrected chi connectivity index (χ1v) is 6.86. The molecule has 0 spiro atoms. The van der Waals surface area contributed by atoms with E-state index in [1.54, 1.807) is 0 Å². The van der Waals surface area contributed by atoms with Gasteiger partial charge in [-0.05, 0) is 43.9 Å². The fraction of sp³-hybridized carbons (Fsp3) is 1.00. The van der Waals surface area contributed by atoms with Crippen molar-refractivity contribution in [3.8, 4) is 0 Å². The van der Waals surface area contributed by atoms with Crippen molar-refractivity contribution in [2.24, 2.45) is 23.2 Å². The molecular weight excluding hydrogens is 198 g/mol. The SMILES string of the molecule is CC(NCC(C)(C)CO)C1CC2CCC1C2. The van der Waals surface area contributed by atoms with Crippen LogP contribution in [0.1, 0.15) is 46.5 Å². The number of fused-ring (bicyclic) bond motifs is 2. The summed E-state index contributed by atoms with van der Waals surface area (Å²) in [6.07, 6.45) is 5.87. The van der Waals surface area contributed by atoms with Crippen molar-refractivity contribution in [3.05, 3.63) is 0 Å². The highest BCUT2D eigenvalue weighted by molar-refractivity contribution is 4.94. The molecule has 0 aliphatic heterocycles. The molecule has 2 aliphatic rings. The zero-order valence-corrected chi connectivity index (χ0v) is 11.0. The van der Waals surface area contributed by atoms with E-state index < -0.39 is 0 Å². The molecule has 0 amide bonds. The Kier molecular flexibility index (Phi) is 3.60. The summed E-state index contributed by atoms with van der Waals surface area (Å²) in [5, 5.41) is 12.9. The summed E-state index contributed by atoms with van der Waals surface area (Å²) in [6.45, 7) is 7.77. The van der Waals surface area contributed by atoms with Gasteiger partial charge in [-0.1, -0.05) is 20.3 Å². The molecule has 4 unspecified atom stereocenters. The molecule has 94 valence electrons. The lowest BCUT2D eigenvalue weighted by atomic mass is 9.83. The van der Waals surface area contributed by atoms with E-state index in [4.69, 9.17) is 0 Å². The number of nitrogens with one attached hydrogen (secondary N) is 1. The zero-order chi connectivity index (χ0) is 11.8. The second kappa shape index (κ2) is 4.66. The third-order valence-corrected chi connectivity index (χ3v) is 4.77. The van der Waals surface area contributed by atoms with Crippen LogP contribution in [-0.2, 0) is 0 Å². The summed E-state index contributed by atoms with van der Waals surface area (Å²) in [7, 11) is 0. The number of aliphatic hydroxyl groups is 1. The Hall–Kier alpha value is -0.0800. The molecule has 4 atom stereocenters. The van der Waals surface area contributed by atoms with Crippen LogP contribution in [0, 0.1) is 23.2 Å². The topological polar surface area (TPSA) is 32.3 Å². The Morgan fingerprint density at radius 3 is 2.56 bits per heavy atom. The quantitative estimate of drug-likeness (QED) is 0.753. The van der Waals surface area contributed by atoms with E-state index in [1.807, 2.05) is 0 Å². The highest BCUT2D eigenvalue weighted by Gasteiger charge is 2.41. The predicted molar refractivity (Wildman–Crippen MR) is 67.3 cm³/mol. The van der Waals surface area contributed by atoms with E-state index in [2.05, 4.69) is 26.1 Å². The number of aliphatic hydroxyl groups excluding tert-OH is 1. The Balaban J connectivity index is 1.78. The van der Waals surface area contributed by atoms with Crippen molar-refractivity contribution in [2.45, 2.75) is 52.5 Å². The normalized spacial score (nSPS) is 35.6. The van der Waals surface area contributed by atoms with Gasteiger partial charge in [0, 0.05) is 24.6 Å². The van der Waals surface area contributed by atoms with E-state index in [0.29, 0.717) is 6.04 Å². The highest BCUT2D eigenvalue weighted by Crippen LogP contribution is 2.49. The summed E-state index contributed by atoms with van der Waals surface area (Å²) in [5.41, 5.74) is 0.0197. The number of hydrogen-bond acceptors (Lipinski definition) is 2. The van der Waals surface area contributed by atoms with Crippen molar-refractivity contribution in [1.82, 2.24) is 5.32 Å². The Morgan fingerprint density at radius 1 is 1.31 bits per heavy atom. The summed E-state index contributed by atoms with van der Waals surface area (Å²) in [5.74, 6) is 2.92. The molecule has 2 heteroatoms. The molecule has 0 heterocycles. The molecule has 0 aromatic heterocycles. The average molecular weight is 225 g/mol. The maximum absolute atomic E-state index is 9.24. The Labute approximate surface area is 99.8 Å². The molecule has 2 N–H and O–H groups in total. The molecule has 0 radical (unpaired) electrons. The molecule has 2 nitrogen and oxygen atoms in total. The van der Waals surface area contributed by atoms with Crippen molar-refractivity contribution >= 4 is 0 Å². The van der Waals surface area contributed by atoms with Gasteiger partial charge in [0.05, 0.1) is 0 Å². The van der Waals surface area contributed by atoms with Crippen LogP contribution in [0.15, 0.2) is 0 Å².